The van der Waals surface area contributed by atoms with Gasteiger partial charge in [-0.05, 0) is 38.7 Å². The van der Waals surface area contributed by atoms with Crippen molar-refractivity contribution in [2.45, 2.75) is 39.7 Å². The summed E-state index contributed by atoms with van der Waals surface area (Å²) in [7, 11) is 4.18. The highest BCUT2D eigenvalue weighted by atomic mass is 32.1. The van der Waals surface area contributed by atoms with Crippen LogP contribution in [0.3, 0.4) is 0 Å². The maximum atomic E-state index is 5.27. The quantitative estimate of drug-likeness (QED) is 0.529. The van der Waals surface area contributed by atoms with Gasteiger partial charge in [0, 0.05) is 19.1 Å². The molecule has 3 nitrogen and oxygen atoms in total. The normalized spacial score (nSPS) is 12.9. The Kier molecular flexibility index (Phi) is 8.57. The minimum Gasteiger partial charge on any atom is -0.363 e. The molecule has 0 aromatic carbocycles. The Balaban J connectivity index is 3.93. The topological polar surface area (TPSA) is 27.3 Å². The summed E-state index contributed by atoms with van der Waals surface area (Å²) in [4.78, 5) is 2.19. The van der Waals surface area contributed by atoms with Gasteiger partial charge in [0.2, 0.25) is 0 Å². The largest absolute Gasteiger partial charge is 0.363 e. The first-order valence-electron chi connectivity index (χ1n) is 6.16. The Morgan fingerprint density at radius 3 is 2.38 bits per heavy atom. The first-order valence-corrected chi connectivity index (χ1v) is 6.57. The van der Waals surface area contributed by atoms with E-state index in [1.165, 1.54) is 12.8 Å². The maximum absolute atomic E-state index is 5.27. The molecule has 0 bridgehead atoms. The van der Waals surface area contributed by atoms with Gasteiger partial charge < -0.3 is 15.5 Å². The van der Waals surface area contributed by atoms with Crippen molar-refractivity contribution < 1.29 is 0 Å². The molecule has 0 heterocycles. The summed E-state index contributed by atoms with van der Waals surface area (Å²) in [6, 6.07) is 0.414. The van der Waals surface area contributed by atoms with Gasteiger partial charge in [0.05, 0.1) is 0 Å². The zero-order valence-corrected chi connectivity index (χ0v) is 12.2. The molecular weight excluding hydrogens is 218 g/mol. The second-order valence-corrected chi connectivity index (χ2v) is 5.27. The van der Waals surface area contributed by atoms with Crippen molar-refractivity contribution in [1.82, 2.24) is 15.5 Å². The van der Waals surface area contributed by atoms with Crippen LogP contribution in [0.25, 0.3) is 0 Å². The summed E-state index contributed by atoms with van der Waals surface area (Å²) in [5.41, 5.74) is 0. The first-order chi connectivity index (χ1) is 7.47. The van der Waals surface area contributed by atoms with Gasteiger partial charge in [-0.25, -0.2) is 0 Å². The van der Waals surface area contributed by atoms with Gasteiger partial charge in [-0.2, -0.15) is 0 Å². The zero-order valence-electron chi connectivity index (χ0n) is 11.3. The van der Waals surface area contributed by atoms with Crippen molar-refractivity contribution in [3.8, 4) is 0 Å². The molecule has 1 unspecified atom stereocenters. The highest BCUT2D eigenvalue weighted by Crippen LogP contribution is 2.02. The lowest BCUT2D eigenvalue weighted by Gasteiger charge is -2.27. The molecule has 0 rings (SSSR count). The van der Waals surface area contributed by atoms with E-state index in [9.17, 15) is 0 Å². The Bertz CT molecular complexity index is 193. The fourth-order valence-corrected chi connectivity index (χ4v) is 1.67. The van der Waals surface area contributed by atoms with E-state index in [4.69, 9.17) is 12.2 Å². The van der Waals surface area contributed by atoms with Crippen LogP contribution in [-0.2, 0) is 0 Å². The van der Waals surface area contributed by atoms with Gasteiger partial charge in [-0.15, -0.1) is 0 Å². The smallest absolute Gasteiger partial charge is 0.166 e. The fraction of sp³-hybridized carbons (Fsp3) is 0.917. The van der Waals surface area contributed by atoms with Gasteiger partial charge in [0.25, 0.3) is 0 Å². The molecular formula is C12H27N3S. The Labute approximate surface area is 106 Å². The Morgan fingerprint density at radius 1 is 1.31 bits per heavy atom. The highest BCUT2D eigenvalue weighted by molar-refractivity contribution is 7.80. The molecule has 0 aromatic rings. The maximum Gasteiger partial charge on any atom is 0.166 e. The number of nitrogens with one attached hydrogen (secondary N) is 2. The van der Waals surface area contributed by atoms with Crippen LogP contribution in [0.4, 0.5) is 0 Å². The molecule has 0 amide bonds. The van der Waals surface area contributed by atoms with Crippen molar-refractivity contribution in [3.63, 3.8) is 0 Å². The molecule has 0 fully saturated rings. The third kappa shape index (κ3) is 7.88. The van der Waals surface area contributed by atoms with Gasteiger partial charge in [0.1, 0.15) is 0 Å². The van der Waals surface area contributed by atoms with Gasteiger partial charge in [-0.1, -0.05) is 27.2 Å². The van der Waals surface area contributed by atoms with Crippen LogP contribution in [0.5, 0.6) is 0 Å². The SMILES string of the molecule is CCCCNC(=S)NC(CN(C)C)C(C)C. The summed E-state index contributed by atoms with van der Waals surface area (Å²) in [5.74, 6) is 0.577. The predicted molar refractivity (Wildman–Crippen MR) is 75.8 cm³/mol. The summed E-state index contributed by atoms with van der Waals surface area (Å²) >= 11 is 5.27. The van der Waals surface area contributed by atoms with Gasteiger partial charge >= 0.3 is 0 Å². The van der Waals surface area contributed by atoms with Crippen molar-refractivity contribution in [2.24, 2.45) is 5.92 Å². The molecule has 16 heavy (non-hydrogen) atoms. The molecule has 1 atom stereocenters. The van der Waals surface area contributed by atoms with Crippen LogP contribution < -0.4 is 10.6 Å². The molecule has 96 valence electrons. The second kappa shape index (κ2) is 8.76. The number of hydrogen-bond donors (Lipinski definition) is 2. The van der Waals surface area contributed by atoms with E-state index in [0.717, 1.165) is 18.2 Å². The van der Waals surface area contributed by atoms with Crippen LogP contribution in [0, 0.1) is 5.92 Å². The van der Waals surface area contributed by atoms with Crippen molar-refractivity contribution in [2.75, 3.05) is 27.2 Å². The molecule has 0 saturated heterocycles. The highest BCUT2D eigenvalue weighted by Gasteiger charge is 2.14. The second-order valence-electron chi connectivity index (χ2n) is 4.87. The van der Waals surface area contributed by atoms with E-state index in [1.807, 2.05) is 0 Å². The van der Waals surface area contributed by atoms with E-state index < -0.39 is 0 Å². The molecule has 0 aliphatic carbocycles. The summed E-state index contributed by atoms with van der Waals surface area (Å²) in [5, 5.41) is 7.42. The fourth-order valence-electron chi connectivity index (χ4n) is 1.41. The molecule has 0 aliphatic rings. The van der Waals surface area contributed by atoms with Crippen LogP contribution in [0.15, 0.2) is 0 Å². The van der Waals surface area contributed by atoms with E-state index in [-0.39, 0.29) is 0 Å². The van der Waals surface area contributed by atoms with E-state index in [0.29, 0.717) is 12.0 Å². The zero-order chi connectivity index (χ0) is 12.6. The van der Waals surface area contributed by atoms with E-state index in [1.54, 1.807) is 0 Å². The van der Waals surface area contributed by atoms with Crippen molar-refractivity contribution >= 4 is 17.3 Å². The summed E-state index contributed by atoms with van der Waals surface area (Å²) in [6.45, 7) is 8.59. The van der Waals surface area contributed by atoms with E-state index in [2.05, 4.69) is 50.4 Å². The lowest BCUT2D eigenvalue weighted by Crippen LogP contribution is -2.48. The third-order valence-electron chi connectivity index (χ3n) is 2.50. The van der Waals surface area contributed by atoms with Crippen molar-refractivity contribution in [1.29, 1.82) is 0 Å². The number of hydrogen-bond acceptors (Lipinski definition) is 2. The molecule has 4 heteroatoms. The number of unbranched alkanes of at least 4 members (excludes halogenated alkanes) is 1. The monoisotopic (exact) mass is 245 g/mol. The minimum absolute atomic E-state index is 0.414. The standard InChI is InChI=1S/C12H27N3S/c1-6-7-8-13-12(16)14-11(10(2)3)9-15(4)5/h10-11H,6-9H2,1-5H3,(H2,13,14,16). The average Bonchev–Trinajstić information content (AvgIpc) is 2.16. The lowest BCUT2D eigenvalue weighted by molar-refractivity contribution is 0.312. The molecule has 0 saturated carbocycles. The Morgan fingerprint density at radius 2 is 1.94 bits per heavy atom. The summed E-state index contributed by atoms with van der Waals surface area (Å²) in [6.07, 6.45) is 2.36. The van der Waals surface area contributed by atoms with Crippen LogP contribution in [0.2, 0.25) is 0 Å². The number of rotatable bonds is 7. The number of thiocarbonyl (C=S) groups is 1. The lowest BCUT2D eigenvalue weighted by atomic mass is 10.0. The predicted octanol–water partition coefficient (Wildman–Crippen LogP) is 1.84. The number of likely N-dealkylation sites (N-methyl/N-ethyl adjacent to an activating group) is 1. The minimum atomic E-state index is 0.414. The molecule has 0 spiro atoms. The van der Waals surface area contributed by atoms with Crippen LogP contribution >= 0.6 is 12.2 Å². The molecule has 0 aromatic heterocycles. The van der Waals surface area contributed by atoms with Crippen LogP contribution in [-0.4, -0.2) is 43.2 Å². The first kappa shape index (κ1) is 15.7. The molecule has 2 N–H and O–H groups in total. The third-order valence-corrected chi connectivity index (χ3v) is 2.76. The molecule has 0 radical (unpaired) electrons. The number of nitrogens with zero attached hydrogens (tertiary/aromatic N) is 1. The van der Waals surface area contributed by atoms with Gasteiger partial charge in [-0.3, -0.25) is 0 Å². The summed E-state index contributed by atoms with van der Waals surface area (Å²) < 4.78 is 0. The molecule has 0 aliphatic heterocycles. The Hall–Kier alpha value is -0.350. The van der Waals surface area contributed by atoms with E-state index >= 15 is 0 Å². The van der Waals surface area contributed by atoms with Crippen molar-refractivity contribution in [3.05, 3.63) is 0 Å². The van der Waals surface area contributed by atoms with Crippen LogP contribution in [0.1, 0.15) is 33.6 Å². The van der Waals surface area contributed by atoms with Gasteiger partial charge in [0.15, 0.2) is 5.11 Å². The average molecular weight is 245 g/mol.